The van der Waals surface area contributed by atoms with E-state index >= 15 is 0 Å². The van der Waals surface area contributed by atoms with E-state index in [-0.39, 0.29) is 5.78 Å². The summed E-state index contributed by atoms with van der Waals surface area (Å²) in [4.78, 5) is 11.8. The van der Waals surface area contributed by atoms with E-state index < -0.39 is 0 Å². The Morgan fingerprint density at radius 1 is 1.06 bits per heavy atom. The van der Waals surface area contributed by atoms with Crippen molar-refractivity contribution in [1.82, 2.24) is 0 Å². The van der Waals surface area contributed by atoms with Crippen molar-refractivity contribution in [3.05, 3.63) is 64.7 Å². The number of halogens is 1. The smallest absolute Gasteiger partial charge is 0.236 e. The Bertz CT molecular complexity index is 636. The summed E-state index contributed by atoms with van der Waals surface area (Å²) in [5.41, 5.74) is 7.47. The van der Waals surface area contributed by atoms with Crippen LogP contribution in [0, 0.1) is 11.8 Å². The Balaban J connectivity index is 2.23. The van der Waals surface area contributed by atoms with Crippen LogP contribution in [0.4, 0.5) is 5.69 Å². The normalized spacial score (nSPS) is 9.39. The largest absolute Gasteiger partial charge is 0.398 e. The number of para-hydroxylation sites is 1. The molecule has 18 heavy (non-hydrogen) atoms. The molecular weight excluding hydrogens is 246 g/mol. The lowest BCUT2D eigenvalue weighted by atomic mass is 10.1. The minimum absolute atomic E-state index is 0.255. The number of anilines is 1. The second-order valence-electron chi connectivity index (χ2n) is 3.67. The highest BCUT2D eigenvalue weighted by Crippen LogP contribution is 2.11. The molecule has 0 spiro atoms. The van der Waals surface area contributed by atoms with Gasteiger partial charge in [-0.3, -0.25) is 4.79 Å². The third-order valence-corrected chi connectivity index (χ3v) is 2.63. The predicted octanol–water partition coefficient (Wildman–Crippen LogP) is 3.16. The van der Waals surface area contributed by atoms with Crippen molar-refractivity contribution in [2.45, 2.75) is 0 Å². The molecule has 0 fully saturated rings. The first kappa shape index (κ1) is 12.2. The molecule has 2 aromatic rings. The molecule has 0 heterocycles. The van der Waals surface area contributed by atoms with Gasteiger partial charge in [0.15, 0.2) is 0 Å². The minimum Gasteiger partial charge on any atom is -0.398 e. The fraction of sp³-hybridized carbons (Fsp3) is 0. The van der Waals surface area contributed by atoms with Gasteiger partial charge in [0.1, 0.15) is 0 Å². The van der Waals surface area contributed by atoms with E-state index in [0.717, 1.165) is 0 Å². The summed E-state index contributed by atoms with van der Waals surface area (Å²) in [5, 5.41) is 0.590. The zero-order valence-electron chi connectivity index (χ0n) is 9.48. The monoisotopic (exact) mass is 255 g/mol. The summed E-state index contributed by atoms with van der Waals surface area (Å²) < 4.78 is 0. The Hall–Kier alpha value is -2.24. The van der Waals surface area contributed by atoms with Gasteiger partial charge < -0.3 is 5.73 Å². The quantitative estimate of drug-likeness (QED) is 0.483. The molecule has 88 valence electrons. The van der Waals surface area contributed by atoms with E-state index in [2.05, 4.69) is 11.8 Å². The molecule has 2 aromatic carbocycles. The molecule has 0 amide bonds. The molecule has 0 radical (unpaired) electrons. The highest BCUT2D eigenvalue weighted by molar-refractivity contribution is 6.30. The number of Topliss-reactive ketones (excluding diaryl/α,β-unsaturated/α-hetero) is 1. The van der Waals surface area contributed by atoms with Crippen molar-refractivity contribution in [2.75, 3.05) is 5.73 Å². The number of nitrogens with two attached hydrogens (primary N) is 1. The van der Waals surface area contributed by atoms with E-state index in [4.69, 9.17) is 17.3 Å². The lowest BCUT2D eigenvalue weighted by molar-refractivity contribution is 0.105. The minimum atomic E-state index is -0.255. The van der Waals surface area contributed by atoms with Crippen molar-refractivity contribution < 1.29 is 4.79 Å². The van der Waals surface area contributed by atoms with Crippen molar-refractivity contribution in [3.63, 3.8) is 0 Å². The van der Waals surface area contributed by atoms with Crippen LogP contribution in [0.3, 0.4) is 0 Å². The first-order valence-corrected chi connectivity index (χ1v) is 5.71. The maximum Gasteiger partial charge on any atom is 0.236 e. The first-order valence-electron chi connectivity index (χ1n) is 5.33. The van der Waals surface area contributed by atoms with Crippen LogP contribution >= 0.6 is 11.6 Å². The van der Waals surface area contributed by atoms with Gasteiger partial charge in [-0.1, -0.05) is 29.7 Å². The number of ketones is 1. The molecule has 2 rings (SSSR count). The number of carbonyl (C=O) groups is 1. The molecule has 2 N–H and O–H groups in total. The van der Waals surface area contributed by atoms with Crippen molar-refractivity contribution in [3.8, 4) is 11.8 Å². The van der Waals surface area contributed by atoms with Gasteiger partial charge >= 0.3 is 0 Å². The molecule has 0 saturated carbocycles. The fourth-order valence-electron chi connectivity index (χ4n) is 1.41. The number of benzene rings is 2. The fourth-order valence-corrected chi connectivity index (χ4v) is 1.53. The number of nitrogen functional groups attached to an aromatic ring is 1. The van der Waals surface area contributed by atoms with Gasteiger partial charge in [0.25, 0.3) is 0 Å². The number of carbonyl (C=O) groups excluding carboxylic acids is 1. The number of hydrogen-bond acceptors (Lipinski definition) is 2. The van der Waals surface area contributed by atoms with Gasteiger partial charge in [0, 0.05) is 21.8 Å². The van der Waals surface area contributed by atoms with Crippen LogP contribution < -0.4 is 5.73 Å². The standard InChI is InChI=1S/C15H10ClNO/c16-13-8-5-12(6-9-13)15(18)10-7-11-3-1-2-4-14(11)17/h1-6,8-9H,17H2. The third-order valence-electron chi connectivity index (χ3n) is 2.38. The number of rotatable bonds is 1. The molecule has 0 aliphatic rings. The van der Waals surface area contributed by atoms with Gasteiger partial charge in [0.2, 0.25) is 5.78 Å². The van der Waals surface area contributed by atoms with E-state index in [1.165, 1.54) is 0 Å². The van der Waals surface area contributed by atoms with E-state index in [9.17, 15) is 4.79 Å². The maximum atomic E-state index is 11.8. The van der Waals surface area contributed by atoms with Crippen LogP contribution in [0.15, 0.2) is 48.5 Å². The summed E-state index contributed by atoms with van der Waals surface area (Å²) in [6.07, 6.45) is 0. The summed E-state index contributed by atoms with van der Waals surface area (Å²) in [6, 6.07) is 13.8. The Morgan fingerprint density at radius 3 is 2.39 bits per heavy atom. The Kier molecular flexibility index (Phi) is 3.66. The lowest BCUT2D eigenvalue weighted by Gasteiger charge is -1.96. The van der Waals surface area contributed by atoms with Crippen LogP contribution in [0.25, 0.3) is 0 Å². The Morgan fingerprint density at radius 2 is 1.72 bits per heavy atom. The molecule has 0 aromatic heterocycles. The van der Waals surface area contributed by atoms with Crippen molar-refractivity contribution in [1.29, 1.82) is 0 Å². The summed E-state index contributed by atoms with van der Waals surface area (Å²) >= 11 is 5.75. The molecule has 0 aliphatic heterocycles. The zero-order valence-corrected chi connectivity index (χ0v) is 10.2. The molecule has 0 unspecified atom stereocenters. The molecule has 0 saturated heterocycles. The van der Waals surface area contributed by atoms with Crippen LogP contribution in [-0.4, -0.2) is 5.78 Å². The molecule has 2 nitrogen and oxygen atoms in total. The molecule has 0 aliphatic carbocycles. The average molecular weight is 256 g/mol. The first-order chi connectivity index (χ1) is 8.66. The Labute approximate surface area is 110 Å². The highest BCUT2D eigenvalue weighted by atomic mass is 35.5. The molecule has 3 heteroatoms. The van der Waals surface area contributed by atoms with Gasteiger partial charge in [0.05, 0.1) is 0 Å². The molecule has 0 bridgehead atoms. The van der Waals surface area contributed by atoms with E-state index in [1.807, 2.05) is 12.1 Å². The molecule has 0 atom stereocenters. The van der Waals surface area contributed by atoms with Gasteiger partial charge in [-0.2, -0.15) is 0 Å². The highest BCUT2D eigenvalue weighted by Gasteiger charge is 2.01. The van der Waals surface area contributed by atoms with Crippen LogP contribution in [0.5, 0.6) is 0 Å². The van der Waals surface area contributed by atoms with Crippen molar-refractivity contribution in [2.24, 2.45) is 0 Å². The van der Waals surface area contributed by atoms with Crippen LogP contribution in [0.2, 0.25) is 5.02 Å². The summed E-state index contributed by atoms with van der Waals surface area (Å²) in [5.74, 6) is 5.08. The topological polar surface area (TPSA) is 43.1 Å². The lowest BCUT2D eigenvalue weighted by Crippen LogP contribution is -1.95. The maximum absolute atomic E-state index is 11.8. The second-order valence-corrected chi connectivity index (χ2v) is 4.11. The summed E-state index contributed by atoms with van der Waals surface area (Å²) in [7, 11) is 0. The van der Waals surface area contributed by atoms with E-state index in [0.29, 0.717) is 21.8 Å². The summed E-state index contributed by atoms with van der Waals surface area (Å²) in [6.45, 7) is 0. The second kappa shape index (κ2) is 5.39. The van der Waals surface area contributed by atoms with Crippen molar-refractivity contribution >= 4 is 23.1 Å². The van der Waals surface area contributed by atoms with Crippen LogP contribution in [0.1, 0.15) is 15.9 Å². The zero-order chi connectivity index (χ0) is 13.0. The van der Waals surface area contributed by atoms with Gasteiger partial charge in [-0.15, -0.1) is 0 Å². The van der Waals surface area contributed by atoms with Crippen LogP contribution in [-0.2, 0) is 0 Å². The molecular formula is C15H10ClNO. The predicted molar refractivity (Wildman–Crippen MR) is 73.5 cm³/mol. The van der Waals surface area contributed by atoms with Gasteiger partial charge in [-0.05, 0) is 42.3 Å². The van der Waals surface area contributed by atoms with E-state index in [1.54, 1.807) is 36.4 Å². The third kappa shape index (κ3) is 2.91. The van der Waals surface area contributed by atoms with Gasteiger partial charge in [-0.25, -0.2) is 0 Å². The number of hydrogen-bond donors (Lipinski definition) is 1. The SMILES string of the molecule is Nc1ccccc1C#CC(=O)c1ccc(Cl)cc1. The average Bonchev–Trinajstić information content (AvgIpc) is 2.38.